The normalized spacial score (nSPS) is 16.3. The predicted octanol–water partition coefficient (Wildman–Crippen LogP) is 4.39. The van der Waals surface area contributed by atoms with Gasteiger partial charge in [-0.25, -0.2) is 0 Å². The average molecular weight is 303 g/mol. The SMILES string of the molecule is O=C(O)C1CCn2c1cc(-c1ccccc1)c2-c1ccccc1. The predicted molar refractivity (Wildman–Crippen MR) is 90.3 cm³/mol. The molecule has 23 heavy (non-hydrogen) atoms. The molecule has 0 bridgehead atoms. The summed E-state index contributed by atoms with van der Waals surface area (Å²) >= 11 is 0. The number of hydrogen-bond acceptors (Lipinski definition) is 1. The summed E-state index contributed by atoms with van der Waals surface area (Å²) in [6.45, 7) is 0.753. The lowest BCUT2D eigenvalue weighted by molar-refractivity contribution is -0.138. The maximum atomic E-state index is 11.5. The third kappa shape index (κ3) is 2.25. The Morgan fingerprint density at radius 2 is 1.57 bits per heavy atom. The van der Waals surface area contributed by atoms with Crippen LogP contribution in [-0.4, -0.2) is 15.6 Å². The second kappa shape index (κ2) is 5.43. The van der Waals surface area contributed by atoms with Gasteiger partial charge in [0.1, 0.15) is 0 Å². The van der Waals surface area contributed by atoms with Crippen molar-refractivity contribution in [1.29, 1.82) is 0 Å². The number of benzene rings is 2. The summed E-state index contributed by atoms with van der Waals surface area (Å²) in [5, 5.41) is 9.49. The number of aliphatic carboxylic acids is 1. The Kier molecular flexibility index (Phi) is 3.27. The molecule has 1 aliphatic rings. The van der Waals surface area contributed by atoms with E-state index < -0.39 is 11.9 Å². The van der Waals surface area contributed by atoms with Gasteiger partial charge in [-0.05, 0) is 23.6 Å². The van der Waals surface area contributed by atoms with E-state index in [1.54, 1.807) is 0 Å². The number of carboxylic acids is 1. The van der Waals surface area contributed by atoms with Crippen LogP contribution in [0.3, 0.4) is 0 Å². The fourth-order valence-electron chi connectivity index (χ4n) is 3.50. The van der Waals surface area contributed by atoms with Crippen molar-refractivity contribution in [2.45, 2.75) is 18.9 Å². The molecule has 0 aliphatic carbocycles. The van der Waals surface area contributed by atoms with Gasteiger partial charge < -0.3 is 9.67 Å². The Morgan fingerprint density at radius 1 is 0.957 bits per heavy atom. The summed E-state index contributed by atoms with van der Waals surface area (Å²) in [6, 6.07) is 22.5. The first kappa shape index (κ1) is 13.8. The van der Waals surface area contributed by atoms with Crippen LogP contribution in [-0.2, 0) is 11.3 Å². The van der Waals surface area contributed by atoms with Crippen LogP contribution in [0.2, 0.25) is 0 Å². The van der Waals surface area contributed by atoms with Gasteiger partial charge in [0.15, 0.2) is 0 Å². The molecule has 3 nitrogen and oxygen atoms in total. The highest BCUT2D eigenvalue weighted by molar-refractivity contribution is 5.85. The van der Waals surface area contributed by atoms with E-state index >= 15 is 0 Å². The van der Waals surface area contributed by atoms with E-state index in [4.69, 9.17) is 0 Å². The minimum absolute atomic E-state index is 0.407. The van der Waals surface area contributed by atoms with E-state index in [-0.39, 0.29) is 0 Å². The summed E-state index contributed by atoms with van der Waals surface area (Å²) in [4.78, 5) is 11.5. The topological polar surface area (TPSA) is 42.2 Å². The van der Waals surface area contributed by atoms with Gasteiger partial charge in [-0.1, -0.05) is 60.7 Å². The van der Waals surface area contributed by atoms with Crippen LogP contribution in [0.15, 0.2) is 66.7 Å². The fraction of sp³-hybridized carbons (Fsp3) is 0.150. The van der Waals surface area contributed by atoms with Crippen molar-refractivity contribution in [2.75, 3.05) is 0 Å². The van der Waals surface area contributed by atoms with E-state index in [1.165, 1.54) is 0 Å². The van der Waals surface area contributed by atoms with Crippen molar-refractivity contribution in [3.05, 3.63) is 72.4 Å². The summed E-state index contributed by atoms with van der Waals surface area (Å²) in [6.07, 6.45) is 0.666. The Hall–Kier alpha value is -2.81. The number of nitrogens with zero attached hydrogens (tertiary/aromatic N) is 1. The molecule has 114 valence electrons. The molecule has 1 unspecified atom stereocenters. The Morgan fingerprint density at radius 3 is 2.17 bits per heavy atom. The molecule has 0 radical (unpaired) electrons. The van der Waals surface area contributed by atoms with Gasteiger partial charge in [0.05, 0.1) is 11.6 Å². The van der Waals surface area contributed by atoms with Gasteiger partial charge in [0.25, 0.3) is 0 Å². The van der Waals surface area contributed by atoms with E-state index in [0.29, 0.717) is 6.42 Å². The molecule has 0 fully saturated rings. The first-order chi connectivity index (χ1) is 11.3. The molecule has 3 heteroatoms. The van der Waals surface area contributed by atoms with Crippen molar-refractivity contribution in [1.82, 2.24) is 4.57 Å². The van der Waals surface area contributed by atoms with Crippen molar-refractivity contribution in [3.63, 3.8) is 0 Å². The van der Waals surface area contributed by atoms with E-state index in [2.05, 4.69) is 34.9 Å². The molecule has 2 heterocycles. The van der Waals surface area contributed by atoms with Gasteiger partial charge in [0.2, 0.25) is 0 Å². The van der Waals surface area contributed by atoms with Crippen LogP contribution in [0.4, 0.5) is 0 Å². The highest BCUT2D eigenvalue weighted by Crippen LogP contribution is 2.41. The highest BCUT2D eigenvalue weighted by Gasteiger charge is 2.32. The van der Waals surface area contributed by atoms with E-state index in [1.807, 2.05) is 36.4 Å². The number of rotatable bonds is 3. The standard InChI is InChI=1S/C20H17NO2/c22-20(23)16-11-12-21-18(16)13-17(14-7-3-1-4-8-14)19(21)15-9-5-2-6-10-15/h1-10,13,16H,11-12H2,(H,22,23). The monoisotopic (exact) mass is 303 g/mol. The zero-order chi connectivity index (χ0) is 15.8. The maximum absolute atomic E-state index is 11.5. The summed E-state index contributed by atoms with van der Waals surface area (Å²) in [5.74, 6) is -1.14. The van der Waals surface area contributed by atoms with Crippen molar-refractivity contribution in [3.8, 4) is 22.4 Å². The lowest BCUT2D eigenvalue weighted by atomic mass is 9.99. The first-order valence-electron chi connectivity index (χ1n) is 7.83. The third-order valence-electron chi connectivity index (χ3n) is 4.56. The zero-order valence-corrected chi connectivity index (χ0v) is 12.6. The molecule has 1 N–H and O–H groups in total. The maximum Gasteiger partial charge on any atom is 0.312 e. The summed E-state index contributed by atoms with van der Waals surface area (Å²) in [5.41, 5.74) is 5.39. The van der Waals surface area contributed by atoms with Gasteiger partial charge >= 0.3 is 5.97 Å². The second-order valence-electron chi connectivity index (χ2n) is 5.89. The molecule has 0 spiro atoms. The molecule has 1 aliphatic heterocycles. The van der Waals surface area contributed by atoms with Crippen LogP contribution >= 0.6 is 0 Å². The van der Waals surface area contributed by atoms with Crippen molar-refractivity contribution in [2.24, 2.45) is 0 Å². The number of aromatic nitrogens is 1. The quantitative estimate of drug-likeness (QED) is 0.779. The van der Waals surface area contributed by atoms with E-state index in [0.717, 1.165) is 34.6 Å². The lowest BCUT2D eigenvalue weighted by Crippen LogP contribution is -2.07. The van der Waals surface area contributed by atoms with Crippen LogP contribution in [0, 0.1) is 0 Å². The molecule has 1 aromatic heterocycles. The van der Waals surface area contributed by atoms with Crippen LogP contribution < -0.4 is 0 Å². The number of carbonyl (C=O) groups is 1. The number of fused-ring (bicyclic) bond motifs is 1. The van der Waals surface area contributed by atoms with Gasteiger partial charge in [-0.3, -0.25) is 4.79 Å². The molecular formula is C20H17NO2. The van der Waals surface area contributed by atoms with Gasteiger partial charge in [0, 0.05) is 17.8 Å². The number of hydrogen-bond donors (Lipinski definition) is 1. The molecule has 1 atom stereocenters. The Bertz CT molecular complexity index is 850. The van der Waals surface area contributed by atoms with Crippen LogP contribution in [0.1, 0.15) is 18.0 Å². The Labute approximate surface area is 134 Å². The van der Waals surface area contributed by atoms with Crippen LogP contribution in [0.25, 0.3) is 22.4 Å². The molecule has 0 amide bonds. The van der Waals surface area contributed by atoms with Crippen molar-refractivity contribution >= 4 is 5.97 Å². The molecule has 4 rings (SSSR count). The lowest BCUT2D eigenvalue weighted by Gasteiger charge is -2.10. The minimum Gasteiger partial charge on any atom is -0.481 e. The molecule has 3 aromatic rings. The molecule has 2 aromatic carbocycles. The van der Waals surface area contributed by atoms with Gasteiger partial charge in [-0.2, -0.15) is 0 Å². The smallest absolute Gasteiger partial charge is 0.312 e. The molecular weight excluding hydrogens is 286 g/mol. The number of carboxylic acid groups (broad SMARTS) is 1. The first-order valence-corrected chi connectivity index (χ1v) is 7.83. The average Bonchev–Trinajstić information content (AvgIpc) is 3.15. The van der Waals surface area contributed by atoms with Crippen molar-refractivity contribution < 1.29 is 9.90 Å². The summed E-state index contributed by atoms with van der Waals surface area (Å²) < 4.78 is 2.18. The highest BCUT2D eigenvalue weighted by atomic mass is 16.4. The minimum atomic E-state index is -0.736. The van der Waals surface area contributed by atoms with E-state index in [9.17, 15) is 9.90 Å². The molecule has 0 saturated heterocycles. The Balaban J connectivity index is 1.96. The van der Waals surface area contributed by atoms with Gasteiger partial charge in [-0.15, -0.1) is 0 Å². The largest absolute Gasteiger partial charge is 0.481 e. The zero-order valence-electron chi connectivity index (χ0n) is 12.6. The third-order valence-corrected chi connectivity index (χ3v) is 4.56. The molecule has 0 saturated carbocycles. The fourth-order valence-corrected chi connectivity index (χ4v) is 3.50. The summed E-state index contributed by atoms with van der Waals surface area (Å²) in [7, 11) is 0. The van der Waals surface area contributed by atoms with Crippen LogP contribution in [0.5, 0.6) is 0 Å². The second-order valence-corrected chi connectivity index (χ2v) is 5.89.